The fourth-order valence-corrected chi connectivity index (χ4v) is 6.99. The minimum absolute atomic E-state index is 0.280. The van der Waals surface area contributed by atoms with Crippen molar-refractivity contribution in [2.75, 3.05) is 9.80 Å². The molecule has 3 heterocycles. The summed E-state index contributed by atoms with van der Waals surface area (Å²) in [7, 11) is 0. The zero-order valence-electron chi connectivity index (χ0n) is 22.1. The van der Waals surface area contributed by atoms with Gasteiger partial charge in [-0.2, -0.15) is 0 Å². The Hall–Kier alpha value is -4.39. The zero-order chi connectivity index (χ0) is 29.0. The largest absolute Gasteiger partial charge is 0.451 e. The molecule has 0 unspecified atom stereocenters. The lowest BCUT2D eigenvalue weighted by Gasteiger charge is -2.36. The number of nitrogens with zero attached hydrogens (tertiary/aromatic N) is 2. The number of anilines is 2. The lowest BCUT2D eigenvalue weighted by atomic mass is 9.88. The van der Waals surface area contributed by atoms with E-state index in [0.717, 1.165) is 27.3 Å². The van der Waals surface area contributed by atoms with Gasteiger partial charge in [-0.3, -0.25) is 9.59 Å². The number of hydrogen-bond acceptors (Lipinski definition) is 5. The molecule has 2 amide bonds. The van der Waals surface area contributed by atoms with Gasteiger partial charge in [0.05, 0.1) is 23.6 Å². The molecule has 0 aliphatic carbocycles. The van der Waals surface area contributed by atoms with E-state index < -0.39 is 47.8 Å². The minimum Gasteiger partial charge on any atom is -0.451 e. The average molecular weight is 595 g/mol. The van der Waals surface area contributed by atoms with Crippen molar-refractivity contribution in [3.63, 3.8) is 0 Å². The van der Waals surface area contributed by atoms with Crippen molar-refractivity contribution < 1.29 is 19.1 Å². The summed E-state index contributed by atoms with van der Waals surface area (Å²) in [6.07, 6.45) is 3.14. The third kappa shape index (κ3) is 4.30. The third-order valence-electron chi connectivity index (χ3n) is 8.20. The molecule has 0 saturated carbocycles. The van der Waals surface area contributed by atoms with Gasteiger partial charge in [0.15, 0.2) is 6.10 Å². The van der Waals surface area contributed by atoms with Crippen molar-refractivity contribution in [3.8, 4) is 0 Å². The highest BCUT2D eigenvalue weighted by atomic mass is 35.5. The van der Waals surface area contributed by atoms with E-state index in [-0.39, 0.29) is 5.69 Å². The second-order valence-corrected chi connectivity index (χ2v) is 11.5. The normalized spacial score (nSPS) is 22.3. The molecule has 6 nitrogen and oxygen atoms in total. The molecule has 4 aromatic carbocycles. The summed E-state index contributed by atoms with van der Waals surface area (Å²) in [4.78, 5) is 45.6. The first-order valence-corrected chi connectivity index (χ1v) is 14.4. The van der Waals surface area contributed by atoms with E-state index in [2.05, 4.69) is 0 Å². The molecule has 4 aromatic rings. The topological polar surface area (TPSA) is 66.9 Å². The Morgan fingerprint density at radius 3 is 1.95 bits per heavy atom. The Bertz CT molecular complexity index is 1680. The summed E-state index contributed by atoms with van der Waals surface area (Å²) >= 11 is 12.5. The number of carbonyl (C=O) groups excluding carboxylic acids is 3. The van der Waals surface area contributed by atoms with Crippen LogP contribution in [0.3, 0.4) is 0 Å². The van der Waals surface area contributed by atoms with E-state index in [0.29, 0.717) is 10.0 Å². The van der Waals surface area contributed by atoms with Gasteiger partial charge in [-0.25, -0.2) is 9.69 Å². The van der Waals surface area contributed by atoms with E-state index in [4.69, 9.17) is 27.9 Å². The van der Waals surface area contributed by atoms with Crippen molar-refractivity contribution in [2.45, 2.75) is 18.2 Å². The molecule has 4 atom stereocenters. The smallest absolute Gasteiger partial charge is 0.330 e. The Labute approximate surface area is 252 Å². The molecule has 0 N–H and O–H groups in total. The van der Waals surface area contributed by atoms with Crippen LogP contribution in [0.2, 0.25) is 10.0 Å². The molecule has 0 aromatic heterocycles. The first-order chi connectivity index (χ1) is 20.4. The van der Waals surface area contributed by atoms with Crippen molar-refractivity contribution >= 4 is 58.4 Å². The maximum absolute atomic E-state index is 14.4. The predicted octanol–water partition coefficient (Wildman–Crippen LogP) is 6.72. The summed E-state index contributed by atoms with van der Waals surface area (Å²) < 4.78 is 6.31. The van der Waals surface area contributed by atoms with Crippen LogP contribution in [0.15, 0.2) is 109 Å². The van der Waals surface area contributed by atoms with Crippen LogP contribution in [0.25, 0.3) is 6.08 Å². The van der Waals surface area contributed by atoms with Gasteiger partial charge in [-0.1, -0.05) is 114 Å². The molecule has 7 rings (SSSR count). The van der Waals surface area contributed by atoms with Crippen LogP contribution in [0.4, 0.5) is 11.4 Å². The molecule has 0 radical (unpaired) electrons. The van der Waals surface area contributed by atoms with Crippen LogP contribution in [-0.2, 0) is 19.1 Å². The van der Waals surface area contributed by atoms with E-state index in [1.54, 1.807) is 0 Å². The van der Waals surface area contributed by atoms with Gasteiger partial charge in [0.1, 0.15) is 6.04 Å². The highest BCUT2D eigenvalue weighted by Gasteiger charge is 2.65. The van der Waals surface area contributed by atoms with Gasteiger partial charge in [0, 0.05) is 15.7 Å². The number of carbonyl (C=O) groups is 3. The monoisotopic (exact) mass is 594 g/mol. The molecule has 2 fully saturated rings. The minimum atomic E-state index is -1.04. The van der Waals surface area contributed by atoms with Crippen LogP contribution in [-0.4, -0.2) is 29.9 Å². The maximum atomic E-state index is 14.4. The molecule has 2 saturated heterocycles. The number of fused-ring (bicyclic) bond motifs is 5. The highest BCUT2D eigenvalue weighted by molar-refractivity contribution is 6.36. The van der Waals surface area contributed by atoms with Crippen LogP contribution in [0, 0.1) is 11.8 Å². The third-order valence-corrected chi connectivity index (χ3v) is 8.64. The number of imide groups is 1. The first-order valence-electron chi connectivity index (χ1n) is 13.6. The quantitative estimate of drug-likeness (QED) is 0.190. The number of para-hydroxylation sites is 1. The Morgan fingerprint density at radius 2 is 1.31 bits per heavy atom. The van der Waals surface area contributed by atoms with Crippen LogP contribution < -0.4 is 9.80 Å². The summed E-state index contributed by atoms with van der Waals surface area (Å²) in [6, 6.07) is 29.6. The molecular weight excluding hydrogens is 571 g/mol. The number of rotatable bonds is 5. The summed E-state index contributed by atoms with van der Waals surface area (Å²) in [5.41, 5.74) is 3.54. The number of hydrogen-bond donors (Lipinski definition) is 0. The van der Waals surface area contributed by atoms with Crippen LogP contribution >= 0.6 is 23.2 Å². The van der Waals surface area contributed by atoms with Gasteiger partial charge in [-0.05, 0) is 41.0 Å². The zero-order valence-corrected chi connectivity index (χ0v) is 23.7. The van der Waals surface area contributed by atoms with Crippen molar-refractivity contribution in [2.24, 2.45) is 11.8 Å². The molecule has 208 valence electrons. The van der Waals surface area contributed by atoms with Gasteiger partial charge in [-0.15, -0.1) is 0 Å². The summed E-state index contributed by atoms with van der Waals surface area (Å²) in [5.74, 6) is -3.25. The summed E-state index contributed by atoms with van der Waals surface area (Å²) in [6.45, 7) is 0. The maximum Gasteiger partial charge on any atom is 0.330 e. The first kappa shape index (κ1) is 26.5. The molecular formula is C34H24Cl2N2O4. The molecule has 42 heavy (non-hydrogen) atoms. The average Bonchev–Trinajstić information content (AvgIpc) is 3.48. The van der Waals surface area contributed by atoms with E-state index in [1.807, 2.05) is 102 Å². The highest BCUT2D eigenvalue weighted by Crippen LogP contribution is 2.50. The van der Waals surface area contributed by atoms with Gasteiger partial charge < -0.3 is 9.64 Å². The van der Waals surface area contributed by atoms with Gasteiger partial charge in [0.25, 0.3) is 0 Å². The fraction of sp³-hybridized carbons (Fsp3) is 0.147. The lowest BCUT2D eigenvalue weighted by Crippen LogP contribution is -2.49. The lowest BCUT2D eigenvalue weighted by molar-refractivity contribution is -0.151. The number of benzene rings is 4. The fourth-order valence-electron chi connectivity index (χ4n) is 6.48. The SMILES string of the molecule is O=C(OC(c1ccccc1)c1ccccc1)[C@H]1[C@@H]2C(=O)N(c3cc(Cl)cc(Cl)c3)C(=O)[C@@H]2[C@H]2C=Cc3ccccc3N21. The number of amides is 2. The predicted molar refractivity (Wildman–Crippen MR) is 162 cm³/mol. The standard InChI is InChI=1S/C34H24Cl2N2O4/c35-23-17-24(36)19-25(18-23)37-32(39)28-27-16-15-20-9-7-8-14-26(20)38(27)30(29(28)33(37)40)34(41)42-31(21-10-3-1-4-11-21)22-12-5-2-6-13-22/h1-19,27-31H/t27-,28-,29-,30-/m1/s1. The second kappa shape index (κ2) is 10.5. The van der Waals surface area contributed by atoms with Crippen LogP contribution in [0.1, 0.15) is 22.8 Å². The second-order valence-electron chi connectivity index (χ2n) is 10.6. The van der Waals surface area contributed by atoms with Crippen molar-refractivity contribution in [3.05, 3.63) is 136 Å². The van der Waals surface area contributed by atoms with Crippen LogP contribution in [0.5, 0.6) is 0 Å². The molecule has 0 spiro atoms. The number of ether oxygens (including phenoxy) is 1. The van der Waals surface area contributed by atoms with Crippen molar-refractivity contribution in [1.29, 1.82) is 0 Å². The van der Waals surface area contributed by atoms with Gasteiger partial charge >= 0.3 is 5.97 Å². The molecule has 0 bridgehead atoms. The Kier molecular flexibility index (Phi) is 6.60. The van der Waals surface area contributed by atoms with Gasteiger partial charge in [0.2, 0.25) is 11.8 Å². The Balaban J connectivity index is 1.32. The van der Waals surface area contributed by atoms with E-state index >= 15 is 0 Å². The van der Waals surface area contributed by atoms with E-state index in [1.165, 1.54) is 18.2 Å². The summed E-state index contributed by atoms with van der Waals surface area (Å²) in [5, 5.41) is 0.598. The molecule has 3 aliphatic heterocycles. The Morgan fingerprint density at radius 1 is 0.738 bits per heavy atom. The number of halogens is 2. The molecule has 8 heteroatoms. The number of esters is 1. The van der Waals surface area contributed by atoms with E-state index in [9.17, 15) is 14.4 Å². The van der Waals surface area contributed by atoms with Crippen molar-refractivity contribution in [1.82, 2.24) is 0 Å². The molecule has 3 aliphatic rings.